The van der Waals surface area contributed by atoms with Crippen molar-refractivity contribution in [3.05, 3.63) is 77.6 Å². The maximum Gasteiger partial charge on any atom is 0.338 e. The molecule has 0 unspecified atom stereocenters. The summed E-state index contributed by atoms with van der Waals surface area (Å²) in [6.45, 7) is 5.26. The number of benzene rings is 2. The van der Waals surface area contributed by atoms with Crippen LogP contribution in [0.2, 0.25) is 0 Å². The number of hydrogen-bond acceptors (Lipinski definition) is 5. The molecule has 0 saturated heterocycles. The zero-order valence-corrected chi connectivity index (χ0v) is 19.0. The first-order valence-electron chi connectivity index (χ1n) is 10.7. The summed E-state index contributed by atoms with van der Waals surface area (Å²) in [4.78, 5) is 25.4. The van der Waals surface area contributed by atoms with Crippen LogP contribution in [0.25, 0.3) is 16.9 Å². The van der Waals surface area contributed by atoms with Gasteiger partial charge in [0, 0.05) is 23.0 Å². The van der Waals surface area contributed by atoms with Gasteiger partial charge in [-0.05, 0) is 57.2 Å². The molecule has 2 heterocycles. The van der Waals surface area contributed by atoms with Crippen LogP contribution in [0.4, 0.5) is 4.79 Å². The van der Waals surface area contributed by atoms with Crippen LogP contribution in [0.1, 0.15) is 32.4 Å². The van der Waals surface area contributed by atoms with Gasteiger partial charge in [0.2, 0.25) is 0 Å². The summed E-state index contributed by atoms with van der Waals surface area (Å²) in [5.41, 5.74) is 3.77. The number of nitrogens with one attached hydrogen (secondary N) is 2. The number of carbonyl (C=O) groups is 2. The third kappa shape index (κ3) is 4.59. The van der Waals surface area contributed by atoms with Crippen molar-refractivity contribution in [3.8, 4) is 22.7 Å². The molecule has 1 aliphatic heterocycles. The van der Waals surface area contributed by atoms with E-state index in [0.717, 1.165) is 17.0 Å². The minimum atomic E-state index is -0.737. The van der Waals surface area contributed by atoms with Crippen LogP contribution < -0.4 is 15.4 Å². The van der Waals surface area contributed by atoms with Crippen molar-refractivity contribution in [2.24, 2.45) is 0 Å². The van der Waals surface area contributed by atoms with E-state index in [-0.39, 0.29) is 6.10 Å². The number of methoxy groups -OCH3 is 1. The highest BCUT2D eigenvalue weighted by molar-refractivity contribution is 5.95. The molecule has 170 valence electrons. The molecule has 2 N–H and O–H groups in total. The molecule has 0 fully saturated rings. The highest BCUT2D eigenvalue weighted by atomic mass is 16.5. The molecular weight excluding hydrogens is 420 g/mol. The summed E-state index contributed by atoms with van der Waals surface area (Å²) in [6, 6.07) is 16.0. The number of para-hydroxylation sites is 1. The molecule has 0 aliphatic carbocycles. The molecule has 33 heavy (non-hydrogen) atoms. The van der Waals surface area contributed by atoms with E-state index < -0.39 is 18.0 Å². The van der Waals surface area contributed by atoms with E-state index in [9.17, 15) is 9.59 Å². The predicted molar refractivity (Wildman–Crippen MR) is 124 cm³/mol. The monoisotopic (exact) mass is 446 g/mol. The Hall–Kier alpha value is -4.07. The average molecular weight is 447 g/mol. The van der Waals surface area contributed by atoms with Crippen molar-refractivity contribution >= 4 is 12.0 Å². The number of urea groups is 1. The normalized spacial score (nSPS) is 15.8. The number of carbonyl (C=O) groups excluding carboxylic acids is 2. The van der Waals surface area contributed by atoms with Crippen LogP contribution in [0.15, 0.2) is 72.1 Å². The van der Waals surface area contributed by atoms with Crippen LogP contribution >= 0.6 is 0 Å². The van der Waals surface area contributed by atoms with Gasteiger partial charge in [0.1, 0.15) is 5.75 Å². The lowest BCUT2D eigenvalue weighted by Gasteiger charge is -2.28. The molecule has 0 saturated carbocycles. The second-order valence-corrected chi connectivity index (χ2v) is 7.97. The molecule has 0 radical (unpaired) electrons. The Bertz CT molecular complexity index is 1200. The fourth-order valence-corrected chi connectivity index (χ4v) is 3.76. The molecule has 2 aromatic carbocycles. The quantitative estimate of drug-likeness (QED) is 0.556. The van der Waals surface area contributed by atoms with Crippen LogP contribution in [0.3, 0.4) is 0 Å². The van der Waals surface area contributed by atoms with E-state index in [0.29, 0.717) is 22.5 Å². The van der Waals surface area contributed by atoms with Gasteiger partial charge in [-0.15, -0.1) is 0 Å². The van der Waals surface area contributed by atoms with Crippen LogP contribution in [0, 0.1) is 0 Å². The molecule has 8 nitrogen and oxygen atoms in total. The Balaban J connectivity index is 1.88. The average Bonchev–Trinajstić information content (AvgIpc) is 3.24. The second kappa shape index (κ2) is 9.20. The van der Waals surface area contributed by atoms with E-state index in [1.807, 2.05) is 60.8 Å². The second-order valence-electron chi connectivity index (χ2n) is 7.97. The maximum absolute atomic E-state index is 13.0. The maximum atomic E-state index is 13.0. The highest BCUT2D eigenvalue weighted by Crippen LogP contribution is 2.35. The van der Waals surface area contributed by atoms with Crippen LogP contribution in [-0.4, -0.2) is 35.0 Å². The van der Waals surface area contributed by atoms with Crippen molar-refractivity contribution in [2.45, 2.75) is 32.9 Å². The van der Waals surface area contributed by atoms with Gasteiger partial charge < -0.3 is 20.1 Å². The molecule has 1 aromatic heterocycles. The summed E-state index contributed by atoms with van der Waals surface area (Å²) in [5, 5.41) is 10.4. The van der Waals surface area contributed by atoms with E-state index >= 15 is 0 Å². The molecular formula is C25H26N4O4. The number of hydrogen-bond donors (Lipinski definition) is 2. The topological polar surface area (TPSA) is 94.5 Å². The largest absolute Gasteiger partial charge is 0.497 e. The van der Waals surface area contributed by atoms with Gasteiger partial charge in [0.05, 0.1) is 36.2 Å². The first kappa shape index (κ1) is 22.1. The summed E-state index contributed by atoms with van der Waals surface area (Å²) < 4.78 is 12.5. The number of allylic oxidation sites excluding steroid dienone is 1. The lowest BCUT2D eigenvalue weighted by molar-refractivity contribution is -0.143. The van der Waals surface area contributed by atoms with Gasteiger partial charge in [-0.1, -0.05) is 18.2 Å². The van der Waals surface area contributed by atoms with E-state index in [1.54, 1.807) is 32.6 Å². The molecule has 2 amide bonds. The summed E-state index contributed by atoms with van der Waals surface area (Å²) >= 11 is 0. The Kier molecular flexibility index (Phi) is 6.17. The molecule has 0 spiro atoms. The summed E-state index contributed by atoms with van der Waals surface area (Å²) in [5.74, 6) is 0.225. The lowest BCUT2D eigenvalue weighted by Crippen LogP contribution is -2.45. The minimum Gasteiger partial charge on any atom is -0.497 e. The zero-order valence-electron chi connectivity index (χ0n) is 19.0. The van der Waals surface area contributed by atoms with Gasteiger partial charge in [-0.2, -0.15) is 5.10 Å². The third-order valence-corrected chi connectivity index (χ3v) is 5.27. The summed E-state index contributed by atoms with van der Waals surface area (Å²) in [6.07, 6.45) is 1.53. The number of aromatic nitrogens is 2. The van der Waals surface area contributed by atoms with Crippen LogP contribution in [-0.2, 0) is 9.53 Å². The van der Waals surface area contributed by atoms with Crippen molar-refractivity contribution in [3.63, 3.8) is 0 Å². The fourth-order valence-electron chi connectivity index (χ4n) is 3.76. The van der Waals surface area contributed by atoms with Gasteiger partial charge in [-0.3, -0.25) is 0 Å². The zero-order chi connectivity index (χ0) is 23.5. The minimum absolute atomic E-state index is 0.302. The smallest absolute Gasteiger partial charge is 0.338 e. The fraction of sp³-hybridized carbons (Fsp3) is 0.240. The predicted octanol–water partition coefficient (Wildman–Crippen LogP) is 4.13. The molecule has 1 atom stereocenters. The first-order chi connectivity index (χ1) is 15.9. The van der Waals surface area contributed by atoms with Crippen molar-refractivity contribution in [2.75, 3.05) is 7.11 Å². The van der Waals surface area contributed by atoms with Gasteiger partial charge in [0.25, 0.3) is 0 Å². The molecule has 3 aromatic rings. The van der Waals surface area contributed by atoms with E-state index in [1.165, 1.54) is 0 Å². The summed E-state index contributed by atoms with van der Waals surface area (Å²) in [7, 11) is 1.61. The standard InChI is InChI=1S/C25H26N4O4/c1-15(2)33-24(30)21-16(3)26-25(31)27-23(21)20-14-29(18-8-6-5-7-9-18)28-22(20)17-10-12-19(32-4)13-11-17/h5-15,23H,1-4H3,(H2,26,27,31)/t23-/m0/s1. The number of rotatable bonds is 6. The molecule has 1 aliphatic rings. The Labute approximate surface area is 192 Å². The van der Waals surface area contributed by atoms with Gasteiger partial charge in [0.15, 0.2) is 0 Å². The van der Waals surface area contributed by atoms with Crippen molar-refractivity contribution < 1.29 is 19.1 Å². The third-order valence-electron chi connectivity index (χ3n) is 5.27. The van der Waals surface area contributed by atoms with Gasteiger partial charge >= 0.3 is 12.0 Å². The molecule has 8 heteroatoms. The number of amides is 2. The van der Waals surface area contributed by atoms with E-state index in [4.69, 9.17) is 14.6 Å². The molecule has 4 rings (SSSR count). The molecule has 0 bridgehead atoms. The van der Waals surface area contributed by atoms with E-state index in [2.05, 4.69) is 10.6 Å². The number of ether oxygens (including phenoxy) is 2. The SMILES string of the molecule is COc1ccc(-c2nn(-c3ccccc3)cc2[C@@H]2NC(=O)NC(C)=C2C(=O)OC(C)C)cc1. The van der Waals surface area contributed by atoms with Gasteiger partial charge in [-0.25, -0.2) is 14.3 Å². The first-order valence-corrected chi connectivity index (χ1v) is 10.7. The van der Waals surface area contributed by atoms with Crippen LogP contribution in [0.5, 0.6) is 5.75 Å². The van der Waals surface area contributed by atoms with Crippen molar-refractivity contribution in [1.82, 2.24) is 20.4 Å². The highest BCUT2D eigenvalue weighted by Gasteiger charge is 2.35. The number of esters is 1. The lowest BCUT2D eigenvalue weighted by atomic mass is 9.93. The van der Waals surface area contributed by atoms with Crippen molar-refractivity contribution in [1.29, 1.82) is 0 Å². The number of nitrogens with zero attached hydrogens (tertiary/aromatic N) is 2. The Morgan fingerprint density at radius 3 is 2.42 bits per heavy atom. The Morgan fingerprint density at radius 2 is 1.79 bits per heavy atom. The Morgan fingerprint density at radius 1 is 1.09 bits per heavy atom.